The summed E-state index contributed by atoms with van der Waals surface area (Å²) >= 11 is 3.48. The summed E-state index contributed by atoms with van der Waals surface area (Å²) in [6.45, 7) is 1.69. The lowest BCUT2D eigenvalue weighted by atomic mass is 9.74. The first-order chi connectivity index (χ1) is 8.68. The predicted octanol–water partition coefficient (Wildman–Crippen LogP) is 2.32. The van der Waals surface area contributed by atoms with E-state index in [-0.39, 0.29) is 11.2 Å². The second-order valence-corrected chi connectivity index (χ2v) is 5.64. The first-order valence-corrected chi connectivity index (χ1v) is 7.02. The van der Waals surface area contributed by atoms with E-state index < -0.39 is 0 Å². The lowest BCUT2D eigenvalue weighted by Crippen LogP contribution is -2.44. The molecular weight excluding hydrogens is 294 g/mol. The molecule has 0 bridgehead atoms. The van der Waals surface area contributed by atoms with Crippen LogP contribution in [0.3, 0.4) is 0 Å². The minimum Gasteiger partial charge on any atom is -0.381 e. The normalized spacial score (nSPS) is 18.6. The molecule has 1 aromatic carbocycles. The number of nitrogens with two attached hydrogens (primary N) is 1. The van der Waals surface area contributed by atoms with Gasteiger partial charge in [-0.1, -0.05) is 34.1 Å². The Morgan fingerprint density at radius 2 is 2.00 bits per heavy atom. The molecule has 0 unspecified atom stereocenters. The molecule has 1 fully saturated rings. The number of hydrogen-bond donors (Lipinski definition) is 1. The zero-order valence-electron chi connectivity index (χ0n) is 10.3. The number of ether oxygens (including phenoxy) is 1. The lowest BCUT2D eigenvalue weighted by molar-refractivity contribution is -0.132. The van der Waals surface area contributed by atoms with Crippen LogP contribution in [0.4, 0.5) is 0 Å². The van der Waals surface area contributed by atoms with E-state index in [4.69, 9.17) is 10.5 Å². The maximum Gasteiger partial charge on any atom is 0.144 e. The highest BCUT2D eigenvalue weighted by atomic mass is 79.9. The summed E-state index contributed by atoms with van der Waals surface area (Å²) in [6, 6.07) is 7.84. The largest absolute Gasteiger partial charge is 0.381 e. The Balaban J connectivity index is 2.13. The zero-order valence-corrected chi connectivity index (χ0v) is 11.9. The van der Waals surface area contributed by atoms with Crippen molar-refractivity contribution in [2.45, 2.75) is 19.3 Å². The molecule has 1 saturated heterocycles. The molecule has 0 saturated carbocycles. The minimum absolute atomic E-state index is 0.236. The first kappa shape index (κ1) is 13.7. The quantitative estimate of drug-likeness (QED) is 0.928. The molecular formula is C14H18BrNO2. The summed E-state index contributed by atoms with van der Waals surface area (Å²) in [4.78, 5) is 12.5. The van der Waals surface area contributed by atoms with Gasteiger partial charge < -0.3 is 10.5 Å². The van der Waals surface area contributed by atoms with Gasteiger partial charge in [-0.2, -0.15) is 0 Å². The number of ketones is 1. The molecule has 0 radical (unpaired) electrons. The maximum atomic E-state index is 12.5. The third-order valence-electron chi connectivity index (χ3n) is 3.74. The van der Waals surface area contributed by atoms with Crippen LogP contribution >= 0.6 is 15.9 Å². The number of benzene rings is 1. The molecule has 1 aromatic rings. The van der Waals surface area contributed by atoms with E-state index >= 15 is 0 Å². The number of carbonyl (C=O) groups excluding carboxylic acids is 1. The Hall–Kier alpha value is -0.710. The van der Waals surface area contributed by atoms with Crippen LogP contribution in [0.1, 0.15) is 18.4 Å². The van der Waals surface area contributed by atoms with Crippen molar-refractivity contribution in [1.82, 2.24) is 0 Å². The van der Waals surface area contributed by atoms with Gasteiger partial charge in [-0.05, 0) is 24.5 Å². The van der Waals surface area contributed by atoms with Crippen LogP contribution in [0.15, 0.2) is 28.7 Å². The van der Waals surface area contributed by atoms with Crippen molar-refractivity contribution in [3.8, 4) is 0 Å². The Morgan fingerprint density at radius 3 is 2.61 bits per heavy atom. The van der Waals surface area contributed by atoms with E-state index in [0.29, 0.717) is 26.2 Å². The molecule has 1 aliphatic rings. The highest BCUT2D eigenvalue weighted by molar-refractivity contribution is 9.10. The highest BCUT2D eigenvalue weighted by Crippen LogP contribution is 2.32. The van der Waals surface area contributed by atoms with E-state index in [2.05, 4.69) is 15.9 Å². The second kappa shape index (κ2) is 5.95. The molecule has 2 rings (SSSR count). The average molecular weight is 312 g/mol. The van der Waals surface area contributed by atoms with Crippen molar-refractivity contribution in [2.24, 2.45) is 11.1 Å². The molecule has 2 N–H and O–H groups in total. The third kappa shape index (κ3) is 2.82. The van der Waals surface area contributed by atoms with Gasteiger partial charge in [-0.15, -0.1) is 0 Å². The van der Waals surface area contributed by atoms with Gasteiger partial charge in [-0.3, -0.25) is 4.79 Å². The van der Waals surface area contributed by atoms with E-state index in [1.54, 1.807) is 0 Å². The third-order valence-corrected chi connectivity index (χ3v) is 4.51. The van der Waals surface area contributed by atoms with Crippen LogP contribution in [-0.4, -0.2) is 25.5 Å². The van der Waals surface area contributed by atoms with Crippen molar-refractivity contribution in [1.29, 1.82) is 0 Å². The SMILES string of the molecule is NCC1(C(=O)Cc2ccccc2Br)CCOCC1. The van der Waals surface area contributed by atoms with Crippen LogP contribution in [0.25, 0.3) is 0 Å². The number of hydrogen-bond acceptors (Lipinski definition) is 3. The zero-order chi connectivity index (χ0) is 13.0. The molecule has 0 aliphatic carbocycles. The molecule has 1 heterocycles. The summed E-state index contributed by atoms with van der Waals surface area (Å²) in [5, 5.41) is 0. The molecule has 1 aliphatic heterocycles. The van der Waals surface area contributed by atoms with Crippen LogP contribution < -0.4 is 5.73 Å². The van der Waals surface area contributed by atoms with Crippen molar-refractivity contribution >= 4 is 21.7 Å². The van der Waals surface area contributed by atoms with Gasteiger partial charge in [0.15, 0.2) is 0 Å². The van der Waals surface area contributed by atoms with Crippen molar-refractivity contribution in [3.05, 3.63) is 34.3 Å². The fraction of sp³-hybridized carbons (Fsp3) is 0.500. The first-order valence-electron chi connectivity index (χ1n) is 6.22. The van der Waals surface area contributed by atoms with E-state index in [9.17, 15) is 4.79 Å². The van der Waals surface area contributed by atoms with Gasteiger partial charge >= 0.3 is 0 Å². The molecule has 0 atom stereocenters. The van der Waals surface area contributed by atoms with Gasteiger partial charge in [0.2, 0.25) is 0 Å². The number of carbonyl (C=O) groups is 1. The second-order valence-electron chi connectivity index (χ2n) is 4.79. The van der Waals surface area contributed by atoms with Crippen LogP contribution in [0.2, 0.25) is 0 Å². The molecule has 0 aromatic heterocycles. The molecule has 0 amide bonds. The predicted molar refractivity (Wildman–Crippen MR) is 74.4 cm³/mol. The Labute approximate surface area is 116 Å². The van der Waals surface area contributed by atoms with Crippen LogP contribution in [0, 0.1) is 5.41 Å². The topological polar surface area (TPSA) is 52.3 Å². The van der Waals surface area contributed by atoms with Crippen LogP contribution in [-0.2, 0) is 16.0 Å². The fourth-order valence-electron chi connectivity index (χ4n) is 2.36. The summed E-state index contributed by atoms with van der Waals surface area (Å²) < 4.78 is 6.32. The average Bonchev–Trinajstić information content (AvgIpc) is 2.42. The van der Waals surface area contributed by atoms with Gasteiger partial charge in [0.1, 0.15) is 5.78 Å². The van der Waals surface area contributed by atoms with Gasteiger partial charge in [-0.25, -0.2) is 0 Å². The van der Waals surface area contributed by atoms with E-state index in [0.717, 1.165) is 22.9 Å². The smallest absolute Gasteiger partial charge is 0.144 e. The van der Waals surface area contributed by atoms with E-state index in [1.807, 2.05) is 24.3 Å². The summed E-state index contributed by atoms with van der Waals surface area (Å²) in [7, 11) is 0. The number of Topliss-reactive ketones (excluding diaryl/α,β-unsaturated/α-hetero) is 1. The van der Waals surface area contributed by atoms with Crippen molar-refractivity contribution in [3.63, 3.8) is 0 Å². The van der Waals surface area contributed by atoms with Gasteiger partial charge in [0.25, 0.3) is 0 Å². The Kier molecular flexibility index (Phi) is 4.54. The Bertz CT molecular complexity index is 428. The molecule has 3 nitrogen and oxygen atoms in total. The van der Waals surface area contributed by atoms with Crippen molar-refractivity contribution in [2.75, 3.05) is 19.8 Å². The minimum atomic E-state index is -0.381. The molecule has 4 heteroatoms. The van der Waals surface area contributed by atoms with E-state index in [1.165, 1.54) is 0 Å². The number of halogens is 1. The summed E-state index contributed by atoms with van der Waals surface area (Å²) in [5.74, 6) is 0.236. The summed E-state index contributed by atoms with van der Waals surface area (Å²) in [6.07, 6.45) is 1.93. The standard InChI is InChI=1S/C14H18BrNO2/c15-12-4-2-1-3-11(12)9-13(17)14(10-16)5-7-18-8-6-14/h1-4H,5-10,16H2. The molecule has 18 heavy (non-hydrogen) atoms. The van der Waals surface area contributed by atoms with Crippen molar-refractivity contribution < 1.29 is 9.53 Å². The Morgan fingerprint density at radius 1 is 1.33 bits per heavy atom. The maximum absolute atomic E-state index is 12.5. The monoisotopic (exact) mass is 311 g/mol. The lowest BCUT2D eigenvalue weighted by Gasteiger charge is -2.34. The van der Waals surface area contributed by atoms with Crippen LogP contribution in [0.5, 0.6) is 0 Å². The fourth-order valence-corrected chi connectivity index (χ4v) is 2.79. The molecule has 0 spiro atoms. The molecule has 98 valence electrons. The summed E-state index contributed by atoms with van der Waals surface area (Å²) in [5.41, 5.74) is 6.49. The van der Waals surface area contributed by atoms with Gasteiger partial charge in [0, 0.05) is 36.1 Å². The number of rotatable bonds is 4. The van der Waals surface area contributed by atoms with Gasteiger partial charge in [0.05, 0.1) is 0 Å². The highest BCUT2D eigenvalue weighted by Gasteiger charge is 2.38.